The molecule has 0 saturated heterocycles. The Labute approximate surface area is 120 Å². The number of fused-ring (bicyclic) bond motifs is 1. The standard InChI is InChI=1S/C15H12N4O2/c1-19-12-6-3-2-5-10(12)9-11(14(19)21)13(20)18-15-16-7-4-8-17-15/h2-9H,1H3,(H,16,17,18,20). The van der Waals surface area contributed by atoms with Crippen LogP contribution in [0.5, 0.6) is 0 Å². The van der Waals surface area contributed by atoms with E-state index in [0.29, 0.717) is 0 Å². The minimum atomic E-state index is -0.521. The number of rotatable bonds is 2. The monoisotopic (exact) mass is 280 g/mol. The molecule has 0 fully saturated rings. The Morgan fingerprint density at radius 2 is 1.86 bits per heavy atom. The zero-order valence-electron chi connectivity index (χ0n) is 11.3. The van der Waals surface area contributed by atoms with Gasteiger partial charge in [0.2, 0.25) is 5.95 Å². The van der Waals surface area contributed by atoms with E-state index in [-0.39, 0.29) is 17.1 Å². The molecule has 0 spiro atoms. The van der Waals surface area contributed by atoms with Crippen molar-refractivity contribution in [2.45, 2.75) is 0 Å². The normalized spacial score (nSPS) is 10.5. The van der Waals surface area contributed by atoms with Crippen LogP contribution < -0.4 is 10.9 Å². The maximum atomic E-state index is 12.3. The Hall–Kier alpha value is -3.02. The maximum absolute atomic E-state index is 12.3. The molecule has 0 atom stereocenters. The van der Waals surface area contributed by atoms with E-state index < -0.39 is 5.91 Å². The summed E-state index contributed by atoms with van der Waals surface area (Å²) < 4.78 is 1.45. The average Bonchev–Trinajstić information content (AvgIpc) is 2.52. The van der Waals surface area contributed by atoms with Gasteiger partial charge < -0.3 is 4.57 Å². The van der Waals surface area contributed by atoms with Gasteiger partial charge >= 0.3 is 0 Å². The van der Waals surface area contributed by atoms with E-state index >= 15 is 0 Å². The number of para-hydroxylation sites is 1. The highest BCUT2D eigenvalue weighted by Gasteiger charge is 2.14. The van der Waals surface area contributed by atoms with E-state index in [0.717, 1.165) is 10.9 Å². The van der Waals surface area contributed by atoms with Gasteiger partial charge in [0.25, 0.3) is 11.5 Å². The first-order valence-electron chi connectivity index (χ1n) is 6.34. The Bertz CT molecular complexity index is 872. The highest BCUT2D eigenvalue weighted by atomic mass is 16.2. The van der Waals surface area contributed by atoms with Crippen LogP contribution in [0.15, 0.2) is 53.6 Å². The number of nitrogens with zero attached hydrogens (tertiary/aromatic N) is 3. The van der Waals surface area contributed by atoms with Gasteiger partial charge in [-0.2, -0.15) is 0 Å². The topological polar surface area (TPSA) is 76.9 Å². The van der Waals surface area contributed by atoms with Crippen molar-refractivity contribution in [3.8, 4) is 0 Å². The van der Waals surface area contributed by atoms with Crippen molar-refractivity contribution in [1.82, 2.24) is 14.5 Å². The second kappa shape index (κ2) is 5.16. The molecule has 21 heavy (non-hydrogen) atoms. The van der Waals surface area contributed by atoms with Crippen molar-refractivity contribution in [1.29, 1.82) is 0 Å². The Kier molecular flexibility index (Phi) is 3.19. The summed E-state index contributed by atoms with van der Waals surface area (Å²) in [6.45, 7) is 0. The lowest BCUT2D eigenvalue weighted by molar-refractivity contribution is 0.102. The van der Waals surface area contributed by atoms with Crippen LogP contribution in [0.25, 0.3) is 10.9 Å². The second-order valence-electron chi connectivity index (χ2n) is 4.51. The van der Waals surface area contributed by atoms with Crippen molar-refractivity contribution in [2.75, 3.05) is 5.32 Å². The van der Waals surface area contributed by atoms with Gasteiger partial charge in [0.15, 0.2) is 0 Å². The summed E-state index contributed by atoms with van der Waals surface area (Å²) in [5, 5.41) is 3.33. The van der Waals surface area contributed by atoms with Crippen LogP contribution in [-0.4, -0.2) is 20.4 Å². The van der Waals surface area contributed by atoms with Crippen molar-refractivity contribution in [2.24, 2.45) is 7.05 Å². The number of carbonyl (C=O) groups excluding carboxylic acids is 1. The molecule has 0 radical (unpaired) electrons. The van der Waals surface area contributed by atoms with Gasteiger partial charge in [-0.3, -0.25) is 14.9 Å². The summed E-state index contributed by atoms with van der Waals surface area (Å²) in [4.78, 5) is 32.3. The third-order valence-corrected chi connectivity index (χ3v) is 3.17. The Balaban J connectivity index is 2.06. The lowest BCUT2D eigenvalue weighted by Gasteiger charge is -2.08. The minimum absolute atomic E-state index is 0.0589. The lowest BCUT2D eigenvalue weighted by atomic mass is 10.1. The predicted octanol–water partition coefficient (Wildman–Crippen LogP) is 1.58. The van der Waals surface area contributed by atoms with Crippen molar-refractivity contribution >= 4 is 22.8 Å². The van der Waals surface area contributed by atoms with Gasteiger partial charge in [0.05, 0.1) is 5.52 Å². The van der Waals surface area contributed by atoms with Gasteiger partial charge in [-0.05, 0) is 23.6 Å². The summed E-state index contributed by atoms with van der Waals surface area (Å²) in [5.41, 5.74) is 0.473. The molecule has 104 valence electrons. The number of pyridine rings is 1. The molecule has 0 unspecified atom stereocenters. The number of hydrogen-bond acceptors (Lipinski definition) is 4. The predicted molar refractivity (Wildman–Crippen MR) is 79.2 cm³/mol. The molecule has 2 aromatic heterocycles. The zero-order chi connectivity index (χ0) is 14.8. The molecule has 6 heteroatoms. The number of aryl methyl sites for hydroxylation is 1. The number of hydrogen-bond donors (Lipinski definition) is 1. The summed E-state index contributed by atoms with van der Waals surface area (Å²) >= 11 is 0. The van der Waals surface area contributed by atoms with Gasteiger partial charge in [0, 0.05) is 19.4 Å². The fourth-order valence-corrected chi connectivity index (χ4v) is 2.12. The van der Waals surface area contributed by atoms with E-state index in [2.05, 4.69) is 15.3 Å². The largest absolute Gasteiger partial charge is 0.311 e. The highest BCUT2D eigenvalue weighted by molar-refractivity contribution is 6.04. The third-order valence-electron chi connectivity index (χ3n) is 3.17. The number of aromatic nitrogens is 3. The summed E-state index contributed by atoms with van der Waals surface area (Å²) in [6, 6.07) is 10.6. The third kappa shape index (κ3) is 2.38. The molecular weight excluding hydrogens is 268 g/mol. The van der Waals surface area contributed by atoms with E-state index in [1.54, 1.807) is 19.2 Å². The molecule has 1 aromatic carbocycles. The van der Waals surface area contributed by atoms with Crippen LogP contribution in [0, 0.1) is 0 Å². The van der Waals surface area contributed by atoms with Crippen LogP contribution in [-0.2, 0) is 7.05 Å². The summed E-state index contributed by atoms with van der Waals surface area (Å²) in [7, 11) is 1.64. The summed E-state index contributed by atoms with van der Waals surface area (Å²) in [5.74, 6) is -0.356. The first-order valence-corrected chi connectivity index (χ1v) is 6.34. The SMILES string of the molecule is Cn1c(=O)c(C(=O)Nc2ncccn2)cc2ccccc21. The lowest BCUT2D eigenvalue weighted by Crippen LogP contribution is -2.28. The van der Waals surface area contributed by atoms with E-state index in [1.807, 2.05) is 24.3 Å². The molecule has 2 heterocycles. The maximum Gasteiger partial charge on any atom is 0.263 e. The van der Waals surface area contributed by atoms with Crippen molar-refractivity contribution < 1.29 is 4.79 Å². The molecule has 0 aliphatic carbocycles. The van der Waals surface area contributed by atoms with Crippen LogP contribution in [0.2, 0.25) is 0 Å². The molecule has 3 aromatic rings. The molecule has 0 aliphatic heterocycles. The van der Waals surface area contributed by atoms with Gasteiger partial charge in [-0.15, -0.1) is 0 Å². The van der Waals surface area contributed by atoms with Gasteiger partial charge in [-0.25, -0.2) is 9.97 Å². The molecule has 1 amide bonds. The molecule has 3 rings (SSSR count). The number of benzene rings is 1. The molecule has 6 nitrogen and oxygen atoms in total. The minimum Gasteiger partial charge on any atom is -0.311 e. The number of anilines is 1. The first kappa shape index (κ1) is 13.0. The highest BCUT2D eigenvalue weighted by Crippen LogP contribution is 2.12. The number of nitrogens with one attached hydrogen (secondary N) is 1. The molecule has 0 saturated carbocycles. The molecule has 1 N–H and O–H groups in total. The van der Waals surface area contributed by atoms with Gasteiger partial charge in [0.1, 0.15) is 5.56 Å². The quantitative estimate of drug-likeness (QED) is 0.773. The Morgan fingerprint density at radius 1 is 1.14 bits per heavy atom. The van der Waals surface area contributed by atoms with Crippen LogP contribution in [0.4, 0.5) is 5.95 Å². The van der Waals surface area contributed by atoms with E-state index in [9.17, 15) is 9.59 Å². The van der Waals surface area contributed by atoms with Crippen LogP contribution in [0.1, 0.15) is 10.4 Å². The van der Waals surface area contributed by atoms with E-state index in [4.69, 9.17) is 0 Å². The van der Waals surface area contributed by atoms with Gasteiger partial charge in [-0.1, -0.05) is 18.2 Å². The molecular formula is C15H12N4O2. The molecule has 0 bridgehead atoms. The summed E-state index contributed by atoms with van der Waals surface area (Å²) in [6.07, 6.45) is 3.03. The van der Waals surface area contributed by atoms with E-state index in [1.165, 1.54) is 17.0 Å². The first-order chi connectivity index (χ1) is 10.2. The Morgan fingerprint density at radius 3 is 2.62 bits per heavy atom. The smallest absolute Gasteiger partial charge is 0.263 e. The fraction of sp³-hybridized carbons (Fsp3) is 0.0667. The molecule has 0 aliphatic rings. The second-order valence-corrected chi connectivity index (χ2v) is 4.51. The van der Waals surface area contributed by atoms with Crippen molar-refractivity contribution in [3.63, 3.8) is 0 Å². The number of amides is 1. The van der Waals surface area contributed by atoms with Crippen molar-refractivity contribution in [3.05, 3.63) is 64.7 Å². The zero-order valence-corrected chi connectivity index (χ0v) is 11.3. The van der Waals surface area contributed by atoms with Crippen LogP contribution >= 0.6 is 0 Å². The van der Waals surface area contributed by atoms with Crippen LogP contribution in [0.3, 0.4) is 0 Å². The number of carbonyl (C=O) groups is 1. The average molecular weight is 280 g/mol. The fourth-order valence-electron chi connectivity index (χ4n) is 2.12.